The predicted molar refractivity (Wildman–Crippen MR) is 31.3 cm³/mol. The van der Waals surface area contributed by atoms with Crippen LogP contribution in [0.4, 0.5) is 0 Å². The molecular formula is C6H10O2. The van der Waals surface area contributed by atoms with Gasteiger partial charge in [-0.15, -0.1) is 6.42 Å². The van der Waals surface area contributed by atoms with E-state index >= 15 is 0 Å². The molecule has 0 fully saturated rings. The lowest BCUT2D eigenvalue weighted by atomic mass is 10.4. The van der Waals surface area contributed by atoms with Crippen molar-refractivity contribution in [3.05, 3.63) is 0 Å². The first-order valence-electron chi connectivity index (χ1n) is 3.01. The second kappa shape index (κ2) is 4.63. The number of rotatable bonds is 3. The minimum Gasteiger partial charge on any atom is -0.394 e. The summed E-state index contributed by atoms with van der Waals surface area (Å²) >= 11 is 0. The van der Waals surface area contributed by atoms with E-state index in [4.69, 9.17) is 17.6 Å². The van der Waals surface area contributed by atoms with Crippen LogP contribution in [0.25, 0.3) is 0 Å². The number of aliphatic hydroxyl groups excluding tert-OH is 1. The van der Waals surface area contributed by atoms with Crippen LogP contribution in [0.5, 0.6) is 0 Å². The molecule has 0 heterocycles. The van der Waals surface area contributed by atoms with Gasteiger partial charge in [-0.05, 0) is 6.90 Å². The van der Waals surface area contributed by atoms with Crippen LogP contribution in [-0.4, -0.2) is 24.4 Å². The quantitative estimate of drug-likeness (QED) is 0.525. The van der Waals surface area contributed by atoms with Crippen molar-refractivity contribution in [3.63, 3.8) is 0 Å². The van der Waals surface area contributed by atoms with E-state index in [1.807, 2.05) is 0 Å². The fourth-order valence-electron chi connectivity index (χ4n) is 0.219. The van der Waals surface area contributed by atoms with Gasteiger partial charge in [0.2, 0.25) is 0 Å². The van der Waals surface area contributed by atoms with Crippen LogP contribution in [0.1, 0.15) is 8.27 Å². The minimum absolute atomic E-state index is 0.0538. The third-order valence-corrected chi connectivity index (χ3v) is 0.606. The van der Waals surface area contributed by atoms with Crippen molar-refractivity contribution in [3.8, 4) is 12.3 Å². The number of aliphatic hydroxyl groups is 1. The molecule has 0 aliphatic carbocycles. The van der Waals surface area contributed by atoms with Gasteiger partial charge >= 0.3 is 0 Å². The number of ether oxygens (including phenoxy) is 1. The number of hydrogen-bond acceptors (Lipinski definition) is 2. The lowest BCUT2D eigenvalue weighted by Gasteiger charge is -2.04. The molecule has 8 heavy (non-hydrogen) atoms. The SMILES string of the molecule is [2H]CC(CO)OCC#C. The maximum absolute atomic E-state index is 8.44. The van der Waals surface area contributed by atoms with E-state index in [0.717, 1.165) is 0 Å². The second-order valence-electron chi connectivity index (χ2n) is 1.32. The van der Waals surface area contributed by atoms with E-state index in [1.165, 1.54) is 0 Å². The lowest BCUT2D eigenvalue weighted by Crippen LogP contribution is -2.12. The summed E-state index contributed by atoms with van der Waals surface area (Å²) in [6.45, 7) is 0.0907. The van der Waals surface area contributed by atoms with Crippen LogP contribution in [0.15, 0.2) is 0 Å². The summed E-state index contributed by atoms with van der Waals surface area (Å²) in [5.41, 5.74) is 0. The Hall–Kier alpha value is -0.520. The van der Waals surface area contributed by atoms with Gasteiger partial charge in [-0.1, -0.05) is 5.92 Å². The molecule has 0 saturated heterocycles. The molecule has 0 saturated carbocycles. The van der Waals surface area contributed by atoms with Gasteiger partial charge in [-0.2, -0.15) is 0 Å². The van der Waals surface area contributed by atoms with Gasteiger partial charge in [-0.25, -0.2) is 0 Å². The van der Waals surface area contributed by atoms with Crippen LogP contribution < -0.4 is 0 Å². The Labute approximate surface area is 50.9 Å². The van der Waals surface area contributed by atoms with Gasteiger partial charge in [0.15, 0.2) is 0 Å². The molecule has 0 rings (SSSR count). The van der Waals surface area contributed by atoms with Gasteiger partial charge in [0.25, 0.3) is 0 Å². The molecule has 0 radical (unpaired) electrons. The van der Waals surface area contributed by atoms with E-state index in [9.17, 15) is 0 Å². The molecular weight excluding hydrogens is 104 g/mol. The van der Waals surface area contributed by atoms with Crippen molar-refractivity contribution in [1.82, 2.24) is 0 Å². The van der Waals surface area contributed by atoms with Crippen molar-refractivity contribution >= 4 is 0 Å². The largest absolute Gasteiger partial charge is 0.394 e. The zero-order chi connectivity index (χ0) is 7.11. The standard InChI is InChI=1S/C6H10O2/c1-3-4-8-6(2)5-7/h1,6-7H,4-5H2,2H3/i2D. The molecule has 1 atom stereocenters. The van der Waals surface area contributed by atoms with Crippen molar-refractivity contribution in [2.24, 2.45) is 0 Å². The van der Waals surface area contributed by atoms with Gasteiger partial charge in [0.1, 0.15) is 6.61 Å². The molecule has 2 heteroatoms. The average molecular weight is 115 g/mol. The molecule has 0 aromatic rings. The van der Waals surface area contributed by atoms with Gasteiger partial charge < -0.3 is 9.84 Å². The Kier molecular flexibility index (Phi) is 3.25. The predicted octanol–water partition coefficient (Wildman–Crippen LogP) is 0.0170. The second-order valence-corrected chi connectivity index (χ2v) is 1.32. The van der Waals surface area contributed by atoms with E-state index in [1.54, 1.807) is 0 Å². The summed E-state index contributed by atoms with van der Waals surface area (Å²) in [7, 11) is 0. The highest BCUT2D eigenvalue weighted by molar-refractivity contribution is 4.83. The Morgan fingerprint density at radius 1 is 2.12 bits per heavy atom. The van der Waals surface area contributed by atoms with Crippen LogP contribution in [-0.2, 0) is 4.74 Å². The summed E-state index contributed by atoms with van der Waals surface area (Å²) in [4.78, 5) is 0. The van der Waals surface area contributed by atoms with E-state index in [0.29, 0.717) is 0 Å². The molecule has 0 spiro atoms. The topological polar surface area (TPSA) is 29.5 Å². The average Bonchev–Trinajstić information content (AvgIpc) is 1.91. The van der Waals surface area contributed by atoms with Gasteiger partial charge in [0, 0.05) is 1.37 Å². The smallest absolute Gasteiger partial charge is 0.107 e. The fourth-order valence-corrected chi connectivity index (χ4v) is 0.219. The van der Waals surface area contributed by atoms with Crippen molar-refractivity contribution in [2.75, 3.05) is 13.2 Å². The summed E-state index contributed by atoms with van der Waals surface area (Å²) in [6, 6.07) is 0. The Morgan fingerprint density at radius 2 is 2.88 bits per heavy atom. The molecule has 1 N–H and O–H groups in total. The van der Waals surface area contributed by atoms with Crippen molar-refractivity contribution in [1.29, 1.82) is 0 Å². The molecule has 1 unspecified atom stereocenters. The van der Waals surface area contributed by atoms with Crippen LogP contribution in [0.2, 0.25) is 0 Å². The first-order valence-corrected chi connectivity index (χ1v) is 2.30. The first-order chi connectivity index (χ1) is 4.35. The number of terminal acetylenes is 1. The van der Waals surface area contributed by atoms with E-state index in [2.05, 4.69) is 5.92 Å². The lowest BCUT2D eigenvalue weighted by molar-refractivity contribution is 0.0440. The number of hydrogen-bond donors (Lipinski definition) is 1. The van der Waals surface area contributed by atoms with Crippen LogP contribution in [0.3, 0.4) is 0 Å². The Balaban J connectivity index is 3.22. The highest BCUT2D eigenvalue weighted by atomic mass is 16.5. The summed E-state index contributed by atoms with van der Waals surface area (Å²) in [5, 5.41) is 8.44. The van der Waals surface area contributed by atoms with E-state index in [-0.39, 0.29) is 20.1 Å². The first kappa shape index (κ1) is 5.61. The molecule has 0 aliphatic heterocycles. The van der Waals surface area contributed by atoms with Crippen LogP contribution >= 0.6 is 0 Å². The highest BCUT2D eigenvalue weighted by Gasteiger charge is 1.94. The molecule has 0 amide bonds. The van der Waals surface area contributed by atoms with Crippen LogP contribution in [0, 0.1) is 12.3 Å². The fraction of sp³-hybridized carbons (Fsp3) is 0.667. The maximum atomic E-state index is 8.44. The third-order valence-electron chi connectivity index (χ3n) is 0.606. The minimum atomic E-state index is -0.416. The molecule has 0 aromatic heterocycles. The third kappa shape index (κ3) is 3.66. The molecule has 0 aliphatic rings. The normalized spacial score (nSPS) is 14.2. The Morgan fingerprint density at radius 3 is 3.25 bits per heavy atom. The molecule has 46 valence electrons. The Bertz CT molecular complexity index is 93.7. The molecule has 0 aromatic carbocycles. The highest BCUT2D eigenvalue weighted by Crippen LogP contribution is 1.84. The van der Waals surface area contributed by atoms with Crippen molar-refractivity contribution < 1.29 is 11.2 Å². The van der Waals surface area contributed by atoms with Crippen molar-refractivity contribution in [2.45, 2.75) is 13.0 Å². The summed E-state index contributed by atoms with van der Waals surface area (Å²) in [6.07, 6.45) is 4.45. The molecule has 2 nitrogen and oxygen atoms in total. The zero-order valence-corrected chi connectivity index (χ0v) is 4.63. The van der Waals surface area contributed by atoms with E-state index < -0.39 is 6.10 Å². The monoisotopic (exact) mass is 115 g/mol. The molecule has 0 bridgehead atoms. The zero-order valence-electron chi connectivity index (χ0n) is 5.63. The van der Waals surface area contributed by atoms with Gasteiger partial charge in [-0.3, -0.25) is 0 Å². The maximum Gasteiger partial charge on any atom is 0.107 e. The summed E-state index contributed by atoms with van der Waals surface area (Å²) in [5.74, 6) is 2.25. The van der Waals surface area contributed by atoms with Gasteiger partial charge in [0.05, 0.1) is 12.7 Å². The summed E-state index contributed by atoms with van der Waals surface area (Å²) < 4.78 is 11.6.